The third-order valence-electron chi connectivity index (χ3n) is 5.58. The van der Waals surface area contributed by atoms with E-state index in [1.165, 1.54) is 23.0 Å². The maximum Gasteiger partial charge on any atom is 0.338 e. The summed E-state index contributed by atoms with van der Waals surface area (Å²) in [5.41, 5.74) is 1.80. The van der Waals surface area contributed by atoms with E-state index in [0.717, 1.165) is 0 Å². The molecule has 1 aromatic heterocycles. The van der Waals surface area contributed by atoms with Gasteiger partial charge < -0.3 is 19.3 Å². The van der Waals surface area contributed by atoms with Crippen molar-refractivity contribution in [1.29, 1.82) is 0 Å². The number of aromatic nitrogens is 1. The first-order valence-electron chi connectivity index (χ1n) is 10.8. The second kappa shape index (κ2) is 10.6. The van der Waals surface area contributed by atoms with Crippen LogP contribution >= 0.6 is 43.2 Å². The van der Waals surface area contributed by atoms with Crippen LogP contribution in [0.2, 0.25) is 0 Å². The van der Waals surface area contributed by atoms with E-state index in [-0.39, 0.29) is 23.7 Å². The molecule has 2 heterocycles. The van der Waals surface area contributed by atoms with E-state index < -0.39 is 12.0 Å². The van der Waals surface area contributed by atoms with E-state index in [2.05, 4.69) is 36.9 Å². The lowest BCUT2D eigenvalue weighted by Gasteiger charge is -2.25. The summed E-state index contributed by atoms with van der Waals surface area (Å²) < 4.78 is 18.9. The van der Waals surface area contributed by atoms with Gasteiger partial charge in [-0.1, -0.05) is 17.4 Å². The summed E-state index contributed by atoms with van der Waals surface area (Å²) >= 11 is 8.02. The summed E-state index contributed by atoms with van der Waals surface area (Å²) in [6, 6.07) is 7.97. The number of phenolic OH excluding ortho intramolecular Hbond substituents is 1. The van der Waals surface area contributed by atoms with Crippen molar-refractivity contribution >= 4 is 55.2 Å². The number of hydrogen-bond acceptors (Lipinski definition) is 8. The number of carbonyl (C=O) groups excluding carboxylic acids is 1. The molecule has 0 fully saturated rings. The van der Waals surface area contributed by atoms with Crippen LogP contribution in [0.4, 0.5) is 0 Å². The third-order valence-corrected chi connectivity index (χ3v) is 7.78. The van der Waals surface area contributed by atoms with E-state index in [0.29, 0.717) is 46.4 Å². The van der Waals surface area contributed by atoms with Crippen LogP contribution in [-0.2, 0) is 9.53 Å². The minimum atomic E-state index is -0.745. The van der Waals surface area contributed by atoms with Crippen LogP contribution in [0.25, 0.3) is 6.08 Å². The Morgan fingerprint density at radius 3 is 2.53 bits per heavy atom. The minimum Gasteiger partial charge on any atom is -0.503 e. The van der Waals surface area contributed by atoms with Crippen molar-refractivity contribution in [3.63, 3.8) is 0 Å². The number of allylic oxidation sites excluding steroid dienone is 1. The fourth-order valence-corrected chi connectivity index (χ4v) is 6.01. The monoisotopic (exact) mass is 636 g/mol. The highest BCUT2D eigenvalue weighted by atomic mass is 79.9. The summed E-state index contributed by atoms with van der Waals surface area (Å²) in [6.07, 6.45) is 1.70. The van der Waals surface area contributed by atoms with Gasteiger partial charge in [0.1, 0.15) is 5.75 Å². The number of phenols is 1. The first-order chi connectivity index (χ1) is 17.2. The van der Waals surface area contributed by atoms with E-state index in [4.69, 9.17) is 14.2 Å². The minimum absolute atomic E-state index is 0.0316. The van der Waals surface area contributed by atoms with Crippen LogP contribution in [-0.4, -0.2) is 36.5 Å². The van der Waals surface area contributed by atoms with Crippen molar-refractivity contribution in [3.8, 4) is 17.2 Å². The van der Waals surface area contributed by atoms with Gasteiger partial charge in [-0.3, -0.25) is 9.36 Å². The predicted molar refractivity (Wildman–Crippen MR) is 143 cm³/mol. The predicted octanol–water partition coefficient (Wildman–Crippen LogP) is 4.05. The van der Waals surface area contributed by atoms with Gasteiger partial charge in [-0.05, 0) is 87.2 Å². The Labute approximate surface area is 227 Å². The highest BCUT2D eigenvalue weighted by Crippen LogP contribution is 2.36. The van der Waals surface area contributed by atoms with Crippen molar-refractivity contribution in [2.24, 2.45) is 4.99 Å². The van der Waals surface area contributed by atoms with Gasteiger partial charge in [0.05, 0.1) is 51.6 Å². The van der Waals surface area contributed by atoms with Gasteiger partial charge in [0, 0.05) is 0 Å². The molecule has 1 N–H and O–H groups in total. The average Bonchev–Trinajstić information content (AvgIpc) is 3.14. The van der Waals surface area contributed by atoms with E-state index in [9.17, 15) is 14.7 Å². The molecule has 0 aliphatic carbocycles. The second-order valence-electron chi connectivity index (χ2n) is 7.75. The van der Waals surface area contributed by atoms with Gasteiger partial charge in [0.2, 0.25) is 0 Å². The van der Waals surface area contributed by atoms with E-state index in [1.54, 1.807) is 45.2 Å². The maximum absolute atomic E-state index is 13.7. The summed E-state index contributed by atoms with van der Waals surface area (Å²) in [7, 11) is 3.01. The quantitative estimate of drug-likeness (QED) is 0.410. The number of esters is 1. The molecule has 188 valence electrons. The number of benzene rings is 2. The molecular weight excluding hydrogens is 616 g/mol. The molecule has 0 radical (unpaired) electrons. The molecule has 0 amide bonds. The lowest BCUT2D eigenvalue weighted by atomic mass is 9.96. The van der Waals surface area contributed by atoms with Gasteiger partial charge in [-0.15, -0.1) is 0 Å². The molecule has 0 unspecified atom stereocenters. The zero-order valence-corrected chi connectivity index (χ0v) is 23.8. The molecule has 8 nitrogen and oxygen atoms in total. The number of ether oxygens (including phenoxy) is 3. The second-order valence-corrected chi connectivity index (χ2v) is 10.5. The molecule has 2 aromatic carbocycles. The standard InChI is InChI=1S/C25H22Br2N2O6S/c1-5-35-24(32)20-12(2)28-25-29(21(20)14-6-7-17(33-3)15(26)11-14)23(31)19(36-25)10-13-8-16(27)22(30)18(9-13)34-4/h6-11,21,30H,5H2,1-4H3/b19-10+/t21-/m1/s1. The van der Waals surface area contributed by atoms with Crippen LogP contribution in [0.5, 0.6) is 17.2 Å². The molecule has 36 heavy (non-hydrogen) atoms. The Morgan fingerprint density at radius 1 is 1.17 bits per heavy atom. The number of fused-ring (bicyclic) bond motifs is 1. The molecule has 0 bridgehead atoms. The Hall–Kier alpha value is -2.89. The lowest BCUT2D eigenvalue weighted by Crippen LogP contribution is -2.39. The first kappa shape index (κ1) is 26.2. The number of nitrogens with zero attached hydrogens (tertiary/aromatic N) is 2. The molecule has 0 saturated carbocycles. The van der Waals surface area contributed by atoms with Crippen molar-refractivity contribution in [2.75, 3.05) is 20.8 Å². The summed E-state index contributed by atoms with van der Waals surface area (Å²) in [5.74, 6) is 0.328. The van der Waals surface area contributed by atoms with E-state index in [1.807, 2.05) is 12.1 Å². The number of halogens is 2. The molecular formula is C25H22Br2N2O6S. The summed E-state index contributed by atoms with van der Waals surface area (Å²) in [4.78, 5) is 31.8. The van der Waals surface area contributed by atoms with Crippen LogP contribution in [0.1, 0.15) is 31.0 Å². The molecule has 0 saturated heterocycles. The van der Waals surface area contributed by atoms with Crippen molar-refractivity contribution in [1.82, 2.24) is 4.57 Å². The smallest absolute Gasteiger partial charge is 0.338 e. The molecule has 1 aliphatic heterocycles. The Balaban J connectivity index is 1.96. The Kier molecular flexibility index (Phi) is 7.72. The summed E-state index contributed by atoms with van der Waals surface area (Å²) in [5, 5.41) is 10.1. The highest BCUT2D eigenvalue weighted by molar-refractivity contribution is 9.10. The number of thiazole rings is 1. The van der Waals surface area contributed by atoms with Gasteiger partial charge >= 0.3 is 5.97 Å². The number of rotatable bonds is 6. The Bertz CT molecular complexity index is 1570. The number of aromatic hydroxyl groups is 1. The lowest BCUT2D eigenvalue weighted by molar-refractivity contribution is -0.139. The van der Waals surface area contributed by atoms with Gasteiger partial charge in [-0.25, -0.2) is 9.79 Å². The van der Waals surface area contributed by atoms with Crippen molar-refractivity contribution in [2.45, 2.75) is 19.9 Å². The topological polar surface area (TPSA) is 99.4 Å². The largest absolute Gasteiger partial charge is 0.503 e. The van der Waals surface area contributed by atoms with Gasteiger partial charge in [0.25, 0.3) is 5.56 Å². The van der Waals surface area contributed by atoms with Crippen LogP contribution in [0, 0.1) is 0 Å². The molecule has 1 aliphatic rings. The number of carbonyl (C=O) groups is 1. The number of hydrogen-bond donors (Lipinski definition) is 1. The maximum atomic E-state index is 13.7. The van der Waals surface area contributed by atoms with Crippen LogP contribution in [0.15, 0.2) is 60.3 Å². The molecule has 1 atom stereocenters. The molecule has 3 aromatic rings. The first-order valence-corrected chi connectivity index (χ1v) is 13.2. The molecule has 4 rings (SSSR count). The van der Waals surface area contributed by atoms with Crippen LogP contribution < -0.4 is 24.4 Å². The fraction of sp³-hybridized carbons (Fsp3) is 0.240. The van der Waals surface area contributed by atoms with Crippen molar-refractivity contribution < 1.29 is 24.1 Å². The average molecular weight is 638 g/mol. The SMILES string of the molecule is CCOC(=O)C1=C(C)N=c2s/c(=C/c3cc(Br)c(O)c(OC)c3)c(=O)n2[C@@H]1c1ccc(OC)c(Br)c1. The normalized spacial score (nSPS) is 15.4. The molecule has 11 heteroatoms. The van der Waals surface area contributed by atoms with Gasteiger partial charge in [-0.2, -0.15) is 0 Å². The fourth-order valence-electron chi connectivity index (χ4n) is 3.94. The zero-order chi connectivity index (χ0) is 26.1. The van der Waals surface area contributed by atoms with E-state index >= 15 is 0 Å². The van der Waals surface area contributed by atoms with Crippen molar-refractivity contribution in [3.05, 3.63) is 81.4 Å². The zero-order valence-electron chi connectivity index (χ0n) is 19.8. The Morgan fingerprint density at radius 2 is 1.89 bits per heavy atom. The van der Waals surface area contributed by atoms with Gasteiger partial charge in [0.15, 0.2) is 16.3 Å². The third kappa shape index (κ3) is 4.74. The summed E-state index contributed by atoms with van der Waals surface area (Å²) in [6.45, 7) is 3.65. The molecule has 0 spiro atoms. The van der Waals surface area contributed by atoms with Crippen LogP contribution in [0.3, 0.4) is 0 Å². The highest BCUT2D eigenvalue weighted by Gasteiger charge is 2.33. The number of methoxy groups -OCH3 is 2.